The molecule has 2 nitrogen and oxygen atoms in total. The van der Waals surface area contributed by atoms with Crippen molar-refractivity contribution in [2.45, 2.75) is 11.0 Å². The van der Waals surface area contributed by atoms with Crippen LogP contribution < -0.4 is 0 Å². The summed E-state index contributed by atoms with van der Waals surface area (Å²) in [6, 6.07) is 3.38. The van der Waals surface area contributed by atoms with Crippen molar-refractivity contribution in [1.29, 1.82) is 0 Å². The van der Waals surface area contributed by atoms with Gasteiger partial charge in [-0.15, -0.1) is 0 Å². The van der Waals surface area contributed by atoms with Gasteiger partial charge in [0.2, 0.25) is 0 Å². The van der Waals surface area contributed by atoms with E-state index in [2.05, 4.69) is 4.98 Å². The van der Waals surface area contributed by atoms with E-state index in [-0.39, 0.29) is 0 Å². The van der Waals surface area contributed by atoms with Gasteiger partial charge in [0.1, 0.15) is 17.9 Å². The van der Waals surface area contributed by atoms with Gasteiger partial charge in [0.15, 0.2) is 0 Å². The molecule has 0 unspecified atom stereocenters. The number of halogens is 2. The molecule has 0 bridgehead atoms. The van der Waals surface area contributed by atoms with E-state index in [9.17, 15) is 8.78 Å². The third-order valence-corrected chi connectivity index (χ3v) is 2.67. The van der Waals surface area contributed by atoms with Crippen molar-refractivity contribution in [3.05, 3.63) is 47.9 Å². The number of aromatic nitrogens is 1. The lowest BCUT2D eigenvalue weighted by atomic mass is 10.2. The predicted octanol–water partition coefficient (Wildman–Crippen LogP) is 3.25. The Hall–Kier alpha value is -1.36. The maximum Gasteiger partial charge on any atom is 0.255 e. The fourth-order valence-electron chi connectivity index (χ4n) is 1.08. The Bertz CT molecular complexity index is 445. The van der Waals surface area contributed by atoms with Crippen molar-refractivity contribution in [3.8, 4) is 0 Å². The standard InChI is InChI=1S/C10H7F2NOS/c11-8-1-2-9(12)7(5-8)6-15-10-13-3-4-14-10/h1-5H,6H2. The Labute approximate surface area is 89.3 Å². The highest BCUT2D eigenvalue weighted by Crippen LogP contribution is 2.22. The van der Waals surface area contributed by atoms with Crippen molar-refractivity contribution < 1.29 is 13.2 Å². The van der Waals surface area contributed by atoms with Crippen LogP contribution in [0.4, 0.5) is 8.78 Å². The summed E-state index contributed by atoms with van der Waals surface area (Å²) in [5.74, 6) is -0.570. The SMILES string of the molecule is Fc1ccc(F)c(CSc2ncco2)c1. The zero-order chi connectivity index (χ0) is 10.7. The zero-order valence-corrected chi connectivity index (χ0v) is 8.43. The molecule has 1 aromatic heterocycles. The van der Waals surface area contributed by atoms with Gasteiger partial charge < -0.3 is 4.42 Å². The molecule has 0 N–H and O–H groups in total. The summed E-state index contributed by atoms with van der Waals surface area (Å²) in [5.41, 5.74) is 0.304. The van der Waals surface area contributed by atoms with Crippen LogP contribution in [0.25, 0.3) is 0 Å². The predicted molar refractivity (Wildman–Crippen MR) is 52.4 cm³/mol. The van der Waals surface area contributed by atoms with Gasteiger partial charge in [0, 0.05) is 11.3 Å². The third kappa shape index (κ3) is 2.56. The first kappa shape index (κ1) is 10.2. The van der Waals surface area contributed by atoms with E-state index in [0.29, 0.717) is 16.5 Å². The van der Waals surface area contributed by atoms with Gasteiger partial charge in [-0.3, -0.25) is 0 Å². The van der Waals surface area contributed by atoms with Crippen LogP contribution in [0.1, 0.15) is 5.56 Å². The number of oxazole rings is 1. The van der Waals surface area contributed by atoms with E-state index in [1.807, 2.05) is 0 Å². The molecule has 0 saturated carbocycles. The van der Waals surface area contributed by atoms with Crippen molar-refractivity contribution in [2.75, 3.05) is 0 Å². The Morgan fingerprint density at radius 2 is 2.20 bits per heavy atom. The van der Waals surface area contributed by atoms with E-state index in [0.717, 1.165) is 12.1 Å². The average Bonchev–Trinajstić information content (AvgIpc) is 2.72. The summed E-state index contributed by atoms with van der Waals surface area (Å²) in [7, 11) is 0. The van der Waals surface area contributed by atoms with E-state index in [1.165, 1.54) is 30.3 Å². The number of thioether (sulfide) groups is 1. The Balaban J connectivity index is 2.07. The normalized spacial score (nSPS) is 10.5. The lowest BCUT2D eigenvalue weighted by molar-refractivity contribution is 0.454. The average molecular weight is 227 g/mol. The van der Waals surface area contributed by atoms with Crippen LogP contribution in [0.5, 0.6) is 0 Å². The first-order valence-electron chi connectivity index (χ1n) is 4.22. The fourth-order valence-corrected chi connectivity index (χ4v) is 1.83. The first-order valence-corrected chi connectivity index (χ1v) is 5.20. The Morgan fingerprint density at radius 3 is 2.93 bits per heavy atom. The van der Waals surface area contributed by atoms with E-state index < -0.39 is 11.6 Å². The second-order valence-electron chi connectivity index (χ2n) is 2.82. The summed E-state index contributed by atoms with van der Waals surface area (Å²) in [4.78, 5) is 3.86. The molecule has 0 radical (unpaired) electrons. The first-order chi connectivity index (χ1) is 7.25. The monoisotopic (exact) mass is 227 g/mol. The van der Waals surface area contributed by atoms with Gasteiger partial charge in [0.25, 0.3) is 5.22 Å². The molecule has 0 aliphatic heterocycles. The van der Waals surface area contributed by atoms with Crippen LogP contribution in [0.2, 0.25) is 0 Å². The summed E-state index contributed by atoms with van der Waals surface area (Å²) >= 11 is 1.22. The molecule has 2 aromatic rings. The van der Waals surface area contributed by atoms with Gasteiger partial charge in [0.05, 0.1) is 6.20 Å². The van der Waals surface area contributed by atoms with Crippen LogP contribution in [0, 0.1) is 11.6 Å². The number of nitrogens with zero attached hydrogens (tertiary/aromatic N) is 1. The van der Waals surface area contributed by atoms with Crippen LogP contribution in [0.15, 0.2) is 40.3 Å². The van der Waals surface area contributed by atoms with E-state index in [4.69, 9.17) is 4.42 Å². The van der Waals surface area contributed by atoms with Gasteiger partial charge in [-0.25, -0.2) is 13.8 Å². The molecular weight excluding hydrogens is 220 g/mol. The molecule has 0 aliphatic rings. The van der Waals surface area contributed by atoms with Crippen molar-refractivity contribution in [2.24, 2.45) is 0 Å². The van der Waals surface area contributed by atoms with Gasteiger partial charge in [-0.05, 0) is 18.2 Å². The van der Waals surface area contributed by atoms with E-state index in [1.54, 1.807) is 0 Å². The largest absolute Gasteiger partial charge is 0.440 e. The molecule has 5 heteroatoms. The molecule has 0 saturated heterocycles. The van der Waals surface area contributed by atoms with Gasteiger partial charge >= 0.3 is 0 Å². The van der Waals surface area contributed by atoms with Crippen LogP contribution >= 0.6 is 11.8 Å². The molecule has 1 aromatic carbocycles. The highest BCUT2D eigenvalue weighted by molar-refractivity contribution is 7.98. The minimum Gasteiger partial charge on any atom is -0.440 e. The van der Waals surface area contributed by atoms with Crippen LogP contribution in [-0.4, -0.2) is 4.98 Å². The quantitative estimate of drug-likeness (QED) is 0.753. The summed E-state index contributed by atoms with van der Waals surface area (Å²) in [5, 5.41) is 0.443. The molecule has 78 valence electrons. The highest BCUT2D eigenvalue weighted by Gasteiger charge is 2.06. The maximum absolute atomic E-state index is 13.2. The molecule has 0 spiro atoms. The number of hydrogen-bond acceptors (Lipinski definition) is 3. The number of benzene rings is 1. The smallest absolute Gasteiger partial charge is 0.255 e. The summed E-state index contributed by atoms with van der Waals surface area (Å²) in [6.07, 6.45) is 2.94. The second-order valence-corrected chi connectivity index (χ2v) is 3.75. The van der Waals surface area contributed by atoms with Crippen LogP contribution in [-0.2, 0) is 5.75 Å². The Kier molecular flexibility index (Phi) is 3.01. The topological polar surface area (TPSA) is 26.0 Å². The molecule has 0 aliphatic carbocycles. The molecule has 2 rings (SSSR count). The third-order valence-electron chi connectivity index (χ3n) is 1.77. The molecule has 0 fully saturated rings. The second kappa shape index (κ2) is 4.44. The lowest BCUT2D eigenvalue weighted by Gasteiger charge is -2.00. The van der Waals surface area contributed by atoms with Gasteiger partial charge in [-0.1, -0.05) is 11.8 Å². The summed E-state index contributed by atoms with van der Waals surface area (Å²) < 4.78 is 30.9. The zero-order valence-electron chi connectivity index (χ0n) is 7.61. The molecule has 15 heavy (non-hydrogen) atoms. The fraction of sp³-hybridized carbons (Fsp3) is 0.100. The number of hydrogen-bond donors (Lipinski definition) is 0. The molecule has 0 atom stereocenters. The van der Waals surface area contributed by atoms with Crippen molar-refractivity contribution in [1.82, 2.24) is 4.98 Å². The Morgan fingerprint density at radius 1 is 1.33 bits per heavy atom. The lowest BCUT2D eigenvalue weighted by Crippen LogP contribution is -1.89. The van der Waals surface area contributed by atoms with E-state index >= 15 is 0 Å². The maximum atomic E-state index is 13.2. The molecule has 0 amide bonds. The van der Waals surface area contributed by atoms with Crippen molar-refractivity contribution >= 4 is 11.8 Å². The minimum atomic E-state index is -0.445. The highest BCUT2D eigenvalue weighted by atomic mass is 32.2. The minimum absolute atomic E-state index is 0.296. The van der Waals surface area contributed by atoms with Gasteiger partial charge in [-0.2, -0.15) is 0 Å². The van der Waals surface area contributed by atoms with Crippen molar-refractivity contribution in [3.63, 3.8) is 0 Å². The van der Waals surface area contributed by atoms with Crippen LogP contribution in [0.3, 0.4) is 0 Å². The summed E-state index contributed by atoms with van der Waals surface area (Å²) in [6.45, 7) is 0. The number of rotatable bonds is 3. The molecular formula is C10H7F2NOS. The molecule has 1 heterocycles.